The molecule has 8 nitrogen and oxygen atoms in total. The first-order valence-electron chi connectivity index (χ1n) is 9.03. The van der Waals surface area contributed by atoms with Gasteiger partial charge in [-0.1, -0.05) is 0 Å². The van der Waals surface area contributed by atoms with Gasteiger partial charge in [-0.15, -0.1) is 11.3 Å². The highest BCUT2D eigenvalue weighted by Crippen LogP contribution is 2.42. The molecule has 0 aromatic carbocycles. The fourth-order valence-corrected chi connectivity index (χ4v) is 4.15. The van der Waals surface area contributed by atoms with Crippen LogP contribution in [0.2, 0.25) is 0 Å². The lowest BCUT2D eigenvalue weighted by molar-refractivity contribution is -0.138. The zero-order valence-electron chi connectivity index (χ0n) is 15.4. The van der Waals surface area contributed by atoms with Crippen LogP contribution in [0.15, 0.2) is 42.2 Å². The monoisotopic (exact) mass is 396 g/mol. The molecule has 0 radical (unpaired) electrons. The van der Waals surface area contributed by atoms with Crippen molar-refractivity contribution in [2.24, 2.45) is 0 Å². The van der Waals surface area contributed by atoms with E-state index in [-0.39, 0.29) is 0 Å². The lowest BCUT2D eigenvalue weighted by Crippen LogP contribution is -2.53. The number of hydrogen-bond donors (Lipinski definition) is 2. The summed E-state index contributed by atoms with van der Waals surface area (Å²) in [7, 11) is 0. The molecule has 0 unspecified atom stereocenters. The van der Waals surface area contributed by atoms with Crippen molar-refractivity contribution in [2.45, 2.75) is 38.3 Å². The Hall–Kier alpha value is -3.07. The molecule has 0 saturated heterocycles. The topological polar surface area (TPSA) is 102 Å². The number of amides is 2. The van der Waals surface area contributed by atoms with E-state index in [1.807, 2.05) is 24.4 Å². The Morgan fingerprint density at radius 2 is 2.00 bits per heavy atom. The average Bonchev–Trinajstić information content (AvgIpc) is 3.28. The van der Waals surface area contributed by atoms with E-state index in [2.05, 4.69) is 25.7 Å². The maximum absolute atomic E-state index is 12.4. The number of anilines is 1. The van der Waals surface area contributed by atoms with Gasteiger partial charge >= 0.3 is 11.8 Å². The lowest BCUT2D eigenvalue weighted by Gasteiger charge is -2.40. The summed E-state index contributed by atoms with van der Waals surface area (Å²) in [6.07, 6.45) is 7.76. The second kappa shape index (κ2) is 7.51. The molecule has 1 saturated carbocycles. The van der Waals surface area contributed by atoms with E-state index in [9.17, 15) is 9.59 Å². The van der Waals surface area contributed by atoms with Gasteiger partial charge in [0.15, 0.2) is 5.82 Å². The molecule has 0 atom stereocenters. The van der Waals surface area contributed by atoms with E-state index >= 15 is 0 Å². The molecule has 9 heteroatoms. The molecule has 28 heavy (non-hydrogen) atoms. The predicted octanol–water partition coefficient (Wildman–Crippen LogP) is 2.23. The molecule has 0 spiro atoms. The van der Waals surface area contributed by atoms with Crippen LogP contribution in [-0.2, 0) is 21.7 Å². The minimum Gasteiger partial charge on any atom is -0.336 e. The number of aryl methyl sites for hydroxylation is 1. The highest BCUT2D eigenvalue weighted by molar-refractivity contribution is 7.09. The summed E-state index contributed by atoms with van der Waals surface area (Å²) in [6.45, 7) is 2.47. The number of hydrogen-bond acceptors (Lipinski definition) is 6. The summed E-state index contributed by atoms with van der Waals surface area (Å²) < 4.78 is 1.69. The Kier molecular flexibility index (Phi) is 4.91. The highest BCUT2D eigenvalue weighted by Gasteiger charge is 2.43. The summed E-state index contributed by atoms with van der Waals surface area (Å²) >= 11 is 1.52. The van der Waals surface area contributed by atoms with Crippen molar-refractivity contribution in [1.29, 1.82) is 0 Å². The van der Waals surface area contributed by atoms with Gasteiger partial charge in [0.1, 0.15) is 5.01 Å². The van der Waals surface area contributed by atoms with E-state index in [0.29, 0.717) is 12.4 Å². The molecule has 1 aliphatic carbocycles. The quantitative estimate of drug-likeness (QED) is 0.644. The van der Waals surface area contributed by atoms with Gasteiger partial charge in [0.05, 0.1) is 12.1 Å². The summed E-state index contributed by atoms with van der Waals surface area (Å²) in [5, 5.41) is 12.6. The Labute approximate surface area is 166 Å². The second-order valence-electron chi connectivity index (χ2n) is 6.89. The number of carbonyl (C=O) groups is 2. The molecule has 3 aromatic rings. The number of nitrogens with zero attached hydrogens (tertiary/aromatic N) is 4. The van der Waals surface area contributed by atoms with Crippen molar-refractivity contribution in [3.63, 3.8) is 0 Å². The van der Waals surface area contributed by atoms with E-state index in [4.69, 9.17) is 0 Å². The van der Waals surface area contributed by atoms with Gasteiger partial charge in [0, 0.05) is 35.7 Å². The maximum Gasteiger partial charge on any atom is 0.314 e. The van der Waals surface area contributed by atoms with Gasteiger partial charge < -0.3 is 10.6 Å². The minimum atomic E-state index is -0.728. The Morgan fingerprint density at radius 3 is 2.64 bits per heavy atom. The summed E-state index contributed by atoms with van der Waals surface area (Å²) in [5.74, 6) is -1.06. The van der Waals surface area contributed by atoms with Crippen molar-refractivity contribution < 1.29 is 9.59 Å². The van der Waals surface area contributed by atoms with Crippen molar-refractivity contribution >= 4 is 29.0 Å². The van der Waals surface area contributed by atoms with Gasteiger partial charge in [0.2, 0.25) is 0 Å². The van der Waals surface area contributed by atoms with Crippen LogP contribution in [-0.4, -0.2) is 31.6 Å². The minimum absolute atomic E-state index is 0.335. The third-order valence-corrected chi connectivity index (χ3v) is 5.93. The summed E-state index contributed by atoms with van der Waals surface area (Å²) in [5.41, 5.74) is 1.44. The SMILES string of the molecule is Cc1csc(C2(NC(=O)C(=O)Nc3ccn(Cc4ccncc4)n3)CCC2)n1. The summed E-state index contributed by atoms with van der Waals surface area (Å²) in [4.78, 5) is 33.3. The number of rotatable bonds is 5. The Balaban J connectivity index is 1.38. The normalized spacial score (nSPS) is 14.9. The van der Waals surface area contributed by atoms with Crippen LogP contribution in [0.5, 0.6) is 0 Å². The van der Waals surface area contributed by atoms with Gasteiger partial charge in [-0.3, -0.25) is 19.3 Å². The zero-order chi connectivity index (χ0) is 19.6. The predicted molar refractivity (Wildman–Crippen MR) is 105 cm³/mol. The van der Waals surface area contributed by atoms with Crippen LogP contribution in [0.1, 0.15) is 35.5 Å². The van der Waals surface area contributed by atoms with Crippen LogP contribution in [0, 0.1) is 6.92 Å². The fourth-order valence-electron chi connectivity index (χ4n) is 3.14. The molecule has 0 bridgehead atoms. The number of pyridine rings is 1. The van der Waals surface area contributed by atoms with Crippen LogP contribution < -0.4 is 10.6 Å². The second-order valence-corrected chi connectivity index (χ2v) is 7.75. The molecule has 2 amide bonds. The summed E-state index contributed by atoms with van der Waals surface area (Å²) in [6, 6.07) is 5.45. The van der Waals surface area contributed by atoms with Crippen LogP contribution in [0.4, 0.5) is 5.82 Å². The molecular weight excluding hydrogens is 376 g/mol. The number of aromatic nitrogens is 4. The smallest absolute Gasteiger partial charge is 0.314 e. The van der Waals surface area contributed by atoms with Crippen molar-refractivity contribution in [1.82, 2.24) is 25.1 Å². The van der Waals surface area contributed by atoms with Crippen molar-refractivity contribution in [3.8, 4) is 0 Å². The van der Waals surface area contributed by atoms with Crippen molar-refractivity contribution in [3.05, 3.63) is 58.4 Å². The molecule has 0 aliphatic heterocycles. The van der Waals surface area contributed by atoms with Crippen molar-refractivity contribution in [2.75, 3.05) is 5.32 Å². The van der Waals surface area contributed by atoms with Crippen LogP contribution in [0.3, 0.4) is 0 Å². The third kappa shape index (κ3) is 3.79. The molecule has 3 heterocycles. The largest absolute Gasteiger partial charge is 0.336 e. The Morgan fingerprint density at radius 1 is 1.21 bits per heavy atom. The Bertz CT molecular complexity index is 993. The first-order valence-corrected chi connectivity index (χ1v) is 9.90. The number of carbonyl (C=O) groups excluding carboxylic acids is 2. The number of thiazole rings is 1. The average molecular weight is 396 g/mol. The van der Waals surface area contributed by atoms with Gasteiger partial charge in [-0.2, -0.15) is 5.10 Å². The van der Waals surface area contributed by atoms with E-state index in [0.717, 1.165) is 35.5 Å². The van der Waals surface area contributed by atoms with E-state index in [1.54, 1.807) is 29.3 Å². The molecule has 144 valence electrons. The molecule has 2 N–H and O–H groups in total. The standard InChI is InChI=1S/C19H20N6O2S/c1-13-12-28-18(21-13)19(6-2-7-19)23-17(27)16(26)22-15-5-10-25(24-15)11-14-3-8-20-9-4-14/h3-5,8-10,12H,2,6-7,11H2,1H3,(H,23,27)(H,22,24,26). The van der Waals surface area contributed by atoms with Crippen LogP contribution in [0.25, 0.3) is 0 Å². The first kappa shape index (κ1) is 18.3. The van der Waals surface area contributed by atoms with Gasteiger partial charge in [-0.05, 0) is 43.9 Å². The molecule has 3 aromatic heterocycles. The molecule has 4 rings (SSSR count). The molecular formula is C19H20N6O2S. The zero-order valence-corrected chi connectivity index (χ0v) is 16.2. The van der Waals surface area contributed by atoms with E-state index in [1.165, 1.54) is 11.3 Å². The van der Waals surface area contributed by atoms with Crippen LogP contribution >= 0.6 is 11.3 Å². The first-order chi connectivity index (χ1) is 13.5. The van der Waals surface area contributed by atoms with E-state index < -0.39 is 17.4 Å². The van der Waals surface area contributed by atoms with Gasteiger partial charge in [0.25, 0.3) is 0 Å². The number of nitrogens with one attached hydrogen (secondary N) is 2. The third-order valence-electron chi connectivity index (χ3n) is 4.77. The fraction of sp³-hybridized carbons (Fsp3) is 0.316. The lowest BCUT2D eigenvalue weighted by atomic mass is 9.77. The molecule has 1 fully saturated rings. The molecule has 1 aliphatic rings. The van der Waals surface area contributed by atoms with Gasteiger partial charge in [-0.25, -0.2) is 4.98 Å². The highest BCUT2D eigenvalue weighted by atomic mass is 32.1. The maximum atomic E-state index is 12.4.